The third-order valence-corrected chi connectivity index (χ3v) is 3.39. The quantitative estimate of drug-likeness (QED) is 0.829. The largest absolute Gasteiger partial charge is 0.465 e. The van der Waals surface area contributed by atoms with Gasteiger partial charge in [0.15, 0.2) is 5.13 Å². The monoisotopic (exact) mass is 248 g/mol. The maximum Gasteiger partial charge on any atom is 0.337 e. The molecule has 88 valence electrons. The molecular formula is C12H12N2O2S. The van der Waals surface area contributed by atoms with Gasteiger partial charge in [-0.25, -0.2) is 9.78 Å². The number of nitrogens with zero attached hydrogens (tertiary/aromatic N) is 1. The van der Waals surface area contributed by atoms with E-state index in [2.05, 4.69) is 9.72 Å². The van der Waals surface area contributed by atoms with Gasteiger partial charge < -0.3 is 10.5 Å². The van der Waals surface area contributed by atoms with Gasteiger partial charge in [0.05, 0.1) is 23.2 Å². The van der Waals surface area contributed by atoms with Gasteiger partial charge in [0.2, 0.25) is 0 Å². The van der Waals surface area contributed by atoms with E-state index in [1.807, 2.05) is 19.1 Å². The molecule has 4 nitrogen and oxygen atoms in total. The Labute approximate surface area is 103 Å². The number of hydrogen-bond acceptors (Lipinski definition) is 5. The molecule has 1 aromatic carbocycles. The van der Waals surface area contributed by atoms with Crippen LogP contribution in [-0.4, -0.2) is 18.1 Å². The number of benzene rings is 1. The number of aryl methyl sites for hydroxylation is 1. The molecular weight excluding hydrogens is 236 g/mol. The molecule has 2 aromatic rings. The van der Waals surface area contributed by atoms with Crippen LogP contribution in [0.25, 0.3) is 10.4 Å². The molecule has 0 aliphatic carbocycles. The van der Waals surface area contributed by atoms with Crippen LogP contribution in [0.5, 0.6) is 0 Å². The van der Waals surface area contributed by atoms with Gasteiger partial charge in [0, 0.05) is 0 Å². The second-order valence-corrected chi connectivity index (χ2v) is 4.57. The van der Waals surface area contributed by atoms with Crippen LogP contribution in [0.1, 0.15) is 16.1 Å². The standard InChI is InChI=1S/C12H12N2O2S/c1-7-10(17-12(13)14-7)8-4-3-5-9(6-8)11(15)16-2/h3-6H,1-2H3,(H2,13,14). The number of hydrogen-bond donors (Lipinski definition) is 1. The molecule has 1 heterocycles. The van der Waals surface area contributed by atoms with E-state index in [0.717, 1.165) is 16.1 Å². The van der Waals surface area contributed by atoms with Crippen molar-refractivity contribution in [1.29, 1.82) is 0 Å². The Balaban J connectivity index is 2.46. The molecule has 17 heavy (non-hydrogen) atoms. The van der Waals surface area contributed by atoms with Crippen LogP contribution in [0.2, 0.25) is 0 Å². The molecule has 0 saturated carbocycles. The second-order valence-electron chi connectivity index (χ2n) is 3.54. The molecule has 0 amide bonds. The first-order chi connectivity index (χ1) is 8.11. The minimum absolute atomic E-state index is 0.345. The lowest BCUT2D eigenvalue weighted by atomic mass is 10.1. The Morgan fingerprint density at radius 2 is 2.24 bits per heavy atom. The van der Waals surface area contributed by atoms with Crippen LogP contribution in [0, 0.1) is 6.92 Å². The molecule has 0 unspecified atom stereocenters. The first kappa shape index (κ1) is 11.6. The molecule has 0 aliphatic rings. The number of esters is 1. The molecule has 5 heteroatoms. The van der Waals surface area contributed by atoms with Crippen molar-refractivity contribution >= 4 is 22.4 Å². The van der Waals surface area contributed by atoms with Crippen molar-refractivity contribution in [3.63, 3.8) is 0 Å². The number of thiazole rings is 1. The van der Waals surface area contributed by atoms with Crippen LogP contribution in [0.3, 0.4) is 0 Å². The molecule has 1 aromatic heterocycles. The van der Waals surface area contributed by atoms with Gasteiger partial charge >= 0.3 is 5.97 Å². The van der Waals surface area contributed by atoms with Crippen molar-refractivity contribution < 1.29 is 9.53 Å². The topological polar surface area (TPSA) is 65.2 Å². The van der Waals surface area contributed by atoms with Gasteiger partial charge in [0.1, 0.15) is 0 Å². The Morgan fingerprint density at radius 3 is 2.82 bits per heavy atom. The summed E-state index contributed by atoms with van der Waals surface area (Å²) in [5.74, 6) is -0.345. The molecule has 0 saturated heterocycles. The summed E-state index contributed by atoms with van der Waals surface area (Å²) in [4.78, 5) is 16.6. The summed E-state index contributed by atoms with van der Waals surface area (Å²) in [5, 5.41) is 0.529. The van der Waals surface area contributed by atoms with Crippen LogP contribution in [0.15, 0.2) is 24.3 Å². The normalized spacial score (nSPS) is 10.2. The van der Waals surface area contributed by atoms with E-state index in [1.54, 1.807) is 12.1 Å². The number of rotatable bonds is 2. The Hall–Kier alpha value is -1.88. The lowest BCUT2D eigenvalue weighted by Crippen LogP contribution is -2.00. The van der Waals surface area contributed by atoms with Crippen molar-refractivity contribution in [3.05, 3.63) is 35.5 Å². The highest BCUT2D eigenvalue weighted by Crippen LogP contribution is 2.31. The van der Waals surface area contributed by atoms with Gasteiger partial charge in [0.25, 0.3) is 0 Å². The maximum atomic E-state index is 11.4. The average molecular weight is 248 g/mol. The third-order valence-electron chi connectivity index (χ3n) is 2.36. The predicted octanol–water partition coefficient (Wildman–Crippen LogP) is 2.49. The predicted molar refractivity (Wildman–Crippen MR) is 68.0 cm³/mol. The van der Waals surface area contributed by atoms with Gasteiger partial charge in [-0.05, 0) is 24.6 Å². The third kappa shape index (κ3) is 2.29. The smallest absolute Gasteiger partial charge is 0.337 e. The van der Waals surface area contributed by atoms with Crippen LogP contribution < -0.4 is 5.73 Å². The highest BCUT2D eigenvalue weighted by molar-refractivity contribution is 7.18. The number of carbonyl (C=O) groups is 1. The first-order valence-electron chi connectivity index (χ1n) is 5.03. The van der Waals surface area contributed by atoms with Crippen LogP contribution in [0.4, 0.5) is 5.13 Å². The summed E-state index contributed by atoms with van der Waals surface area (Å²) in [7, 11) is 1.37. The second kappa shape index (κ2) is 4.55. The van der Waals surface area contributed by atoms with E-state index < -0.39 is 0 Å². The first-order valence-corrected chi connectivity index (χ1v) is 5.85. The summed E-state index contributed by atoms with van der Waals surface area (Å²) < 4.78 is 4.69. The molecule has 2 N–H and O–H groups in total. The summed E-state index contributed by atoms with van der Waals surface area (Å²) in [5.41, 5.74) is 7.98. The van der Waals surface area contributed by atoms with Crippen molar-refractivity contribution in [2.75, 3.05) is 12.8 Å². The fourth-order valence-electron chi connectivity index (χ4n) is 1.59. The summed E-state index contributed by atoms with van der Waals surface area (Å²) in [6.07, 6.45) is 0. The van der Waals surface area contributed by atoms with E-state index in [0.29, 0.717) is 10.7 Å². The van der Waals surface area contributed by atoms with Gasteiger partial charge in [-0.3, -0.25) is 0 Å². The molecule has 0 aliphatic heterocycles. The lowest BCUT2D eigenvalue weighted by molar-refractivity contribution is 0.0601. The minimum Gasteiger partial charge on any atom is -0.465 e. The van der Waals surface area contributed by atoms with E-state index in [1.165, 1.54) is 18.4 Å². The van der Waals surface area contributed by atoms with Gasteiger partial charge in [-0.1, -0.05) is 23.5 Å². The molecule has 0 fully saturated rings. The zero-order valence-corrected chi connectivity index (χ0v) is 10.4. The maximum absolute atomic E-state index is 11.4. The average Bonchev–Trinajstić information content (AvgIpc) is 2.67. The molecule has 0 spiro atoms. The Bertz CT molecular complexity index is 563. The number of carbonyl (C=O) groups excluding carboxylic acids is 1. The van der Waals surface area contributed by atoms with E-state index in [4.69, 9.17) is 5.73 Å². The molecule has 0 radical (unpaired) electrons. The number of nitrogen functional groups attached to an aromatic ring is 1. The van der Waals surface area contributed by atoms with E-state index in [-0.39, 0.29) is 5.97 Å². The number of ether oxygens (including phenoxy) is 1. The number of aromatic nitrogens is 1. The van der Waals surface area contributed by atoms with Crippen LogP contribution >= 0.6 is 11.3 Å². The lowest BCUT2D eigenvalue weighted by Gasteiger charge is -2.02. The fourth-order valence-corrected chi connectivity index (χ4v) is 2.42. The minimum atomic E-state index is -0.345. The summed E-state index contributed by atoms with van der Waals surface area (Å²) >= 11 is 1.41. The van der Waals surface area contributed by atoms with E-state index in [9.17, 15) is 4.79 Å². The zero-order chi connectivity index (χ0) is 12.4. The van der Waals surface area contributed by atoms with Crippen molar-refractivity contribution in [2.45, 2.75) is 6.92 Å². The summed E-state index contributed by atoms with van der Waals surface area (Å²) in [6.45, 7) is 1.90. The van der Waals surface area contributed by atoms with Crippen LogP contribution in [-0.2, 0) is 4.74 Å². The molecule has 2 rings (SSSR count). The Kier molecular flexibility index (Phi) is 3.10. The fraction of sp³-hybridized carbons (Fsp3) is 0.167. The highest BCUT2D eigenvalue weighted by Gasteiger charge is 2.11. The number of methoxy groups -OCH3 is 1. The Morgan fingerprint density at radius 1 is 1.47 bits per heavy atom. The molecule has 0 atom stereocenters. The highest BCUT2D eigenvalue weighted by atomic mass is 32.1. The van der Waals surface area contributed by atoms with Gasteiger partial charge in [-0.15, -0.1) is 0 Å². The van der Waals surface area contributed by atoms with Crippen molar-refractivity contribution in [3.8, 4) is 10.4 Å². The van der Waals surface area contributed by atoms with Crippen molar-refractivity contribution in [2.24, 2.45) is 0 Å². The zero-order valence-electron chi connectivity index (χ0n) is 9.56. The number of nitrogens with two attached hydrogens (primary N) is 1. The SMILES string of the molecule is COC(=O)c1cccc(-c2sc(N)nc2C)c1. The number of anilines is 1. The van der Waals surface area contributed by atoms with Crippen molar-refractivity contribution in [1.82, 2.24) is 4.98 Å². The summed E-state index contributed by atoms with van der Waals surface area (Å²) in [6, 6.07) is 7.24. The van der Waals surface area contributed by atoms with Gasteiger partial charge in [-0.2, -0.15) is 0 Å². The molecule has 0 bridgehead atoms. The van der Waals surface area contributed by atoms with E-state index >= 15 is 0 Å².